The molecular weight excluding hydrogens is 474 g/mol. The predicted molar refractivity (Wildman–Crippen MR) is 140 cm³/mol. The average Bonchev–Trinajstić information content (AvgIpc) is 3.37. The molecule has 2 rings (SSSR count). The first-order valence-electron chi connectivity index (χ1n) is 12.8. The highest BCUT2D eigenvalue weighted by Crippen LogP contribution is 2.24. The van der Waals surface area contributed by atoms with E-state index in [1.165, 1.54) is 0 Å². The lowest BCUT2D eigenvalue weighted by Crippen LogP contribution is -2.49. The first-order valence-corrected chi connectivity index (χ1v) is 12.8. The van der Waals surface area contributed by atoms with Crippen molar-refractivity contribution in [2.75, 3.05) is 6.67 Å². The molecule has 1 heterocycles. The maximum atomic E-state index is 13.2. The van der Waals surface area contributed by atoms with E-state index in [4.69, 9.17) is 9.25 Å². The molecule has 9 nitrogen and oxygen atoms in total. The number of carbonyl (C=O) groups is 4. The van der Waals surface area contributed by atoms with E-state index < -0.39 is 29.3 Å². The van der Waals surface area contributed by atoms with Crippen molar-refractivity contribution in [3.63, 3.8) is 0 Å². The summed E-state index contributed by atoms with van der Waals surface area (Å²) in [5.41, 5.74) is 0.0398. The van der Waals surface area contributed by atoms with Gasteiger partial charge in [0.25, 0.3) is 5.91 Å². The van der Waals surface area contributed by atoms with E-state index >= 15 is 0 Å². The minimum atomic E-state index is -0.809. The summed E-state index contributed by atoms with van der Waals surface area (Å²) in [7, 11) is 0. The molecule has 0 spiro atoms. The van der Waals surface area contributed by atoms with Crippen molar-refractivity contribution < 1.29 is 28.4 Å². The average molecular weight is 514 g/mol. The molecule has 0 aliphatic carbocycles. The molecule has 1 aromatic carbocycles. The second-order valence-corrected chi connectivity index (χ2v) is 9.93. The zero-order chi connectivity index (χ0) is 27.4. The summed E-state index contributed by atoms with van der Waals surface area (Å²) in [6.45, 7) is 8.83. The van der Waals surface area contributed by atoms with Crippen LogP contribution in [0.3, 0.4) is 0 Å². The molecule has 3 amide bonds. The van der Waals surface area contributed by atoms with E-state index in [1.54, 1.807) is 32.9 Å². The van der Waals surface area contributed by atoms with Gasteiger partial charge >= 0.3 is 5.97 Å². The Morgan fingerprint density at radius 3 is 2.32 bits per heavy atom. The quantitative estimate of drug-likeness (QED) is 0.164. The van der Waals surface area contributed by atoms with E-state index in [1.807, 2.05) is 37.3 Å². The number of hydrogen-bond donors (Lipinski definition) is 2. The van der Waals surface area contributed by atoms with E-state index in [9.17, 15) is 19.2 Å². The van der Waals surface area contributed by atoms with Gasteiger partial charge in [0.2, 0.25) is 12.3 Å². The van der Waals surface area contributed by atoms with Crippen LogP contribution in [0.15, 0.2) is 46.9 Å². The Morgan fingerprint density at radius 1 is 1.03 bits per heavy atom. The molecule has 9 heteroatoms. The van der Waals surface area contributed by atoms with Gasteiger partial charge in [-0.3, -0.25) is 14.4 Å². The number of furan rings is 1. The van der Waals surface area contributed by atoms with Crippen LogP contribution < -0.4 is 10.6 Å². The smallest absolute Gasteiger partial charge is 0.337 e. The lowest BCUT2D eigenvalue weighted by molar-refractivity contribution is -0.211. The Bertz CT molecular complexity index is 1030. The summed E-state index contributed by atoms with van der Waals surface area (Å²) in [6, 6.07) is 12.1. The van der Waals surface area contributed by atoms with E-state index in [2.05, 4.69) is 17.6 Å². The zero-order valence-corrected chi connectivity index (χ0v) is 22.4. The number of hydroxylamine groups is 2. The molecule has 0 radical (unpaired) electrons. The van der Waals surface area contributed by atoms with Crippen molar-refractivity contribution in [2.24, 2.45) is 11.3 Å². The van der Waals surface area contributed by atoms with Crippen LogP contribution in [0.1, 0.15) is 77.3 Å². The predicted octanol–water partition coefficient (Wildman–Crippen LogP) is 4.69. The second-order valence-electron chi connectivity index (χ2n) is 9.93. The van der Waals surface area contributed by atoms with Crippen LogP contribution >= 0.6 is 0 Å². The SMILES string of the molecule is CCCCC[C@@H](C(=O)NCNC(=O)c1ccc(-c2ccccc2)o1)[C@@H](CC)N(C=O)OC(=O)C(C)(C)C. The Hall–Kier alpha value is -3.62. The Labute approximate surface area is 218 Å². The Morgan fingerprint density at radius 2 is 1.73 bits per heavy atom. The van der Waals surface area contributed by atoms with Crippen molar-refractivity contribution >= 4 is 24.2 Å². The van der Waals surface area contributed by atoms with Crippen LogP contribution in [0, 0.1) is 11.3 Å². The summed E-state index contributed by atoms with van der Waals surface area (Å²) in [5, 5.41) is 6.32. The van der Waals surface area contributed by atoms with Gasteiger partial charge < -0.3 is 19.9 Å². The van der Waals surface area contributed by atoms with Crippen molar-refractivity contribution in [1.82, 2.24) is 15.7 Å². The van der Waals surface area contributed by atoms with Crippen molar-refractivity contribution in [3.05, 3.63) is 48.2 Å². The third kappa shape index (κ3) is 8.77. The molecule has 2 atom stereocenters. The maximum Gasteiger partial charge on any atom is 0.337 e. The standard InChI is InChI=1S/C28H39N3O6/c1-6-8-10-15-21(22(7-2)31(19-32)37-27(35)28(3,4)5)25(33)29-18-30-26(34)24-17-16-23(36-24)20-13-11-9-12-14-20/h9,11-14,16-17,19,21-22H,6-8,10,15,18H2,1-5H3,(H,29,33)(H,30,34)/t21-,22-/m1/s1. The molecule has 0 aliphatic heterocycles. The van der Waals surface area contributed by atoms with Crippen molar-refractivity contribution in [2.45, 2.75) is 72.8 Å². The molecule has 2 aromatic rings. The van der Waals surface area contributed by atoms with Gasteiger partial charge in [0.05, 0.1) is 24.0 Å². The molecule has 0 aliphatic rings. The number of hydrogen-bond acceptors (Lipinski definition) is 6. The van der Waals surface area contributed by atoms with Gasteiger partial charge in [0, 0.05) is 5.56 Å². The summed E-state index contributed by atoms with van der Waals surface area (Å²) in [5.74, 6) is -1.31. The Balaban J connectivity index is 2.04. The molecule has 37 heavy (non-hydrogen) atoms. The van der Waals surface area contributed by atoms with Gasteiger partial charge in [0.1, 0.15) is 5.76 Å². The van der Waals surface area contributed by atoms with Crippen molar-refractivity contribution in [1.29, 1.82) is 0 Å². The van der Waals surface area contributed by atoms with Crippen LogP contribution in [0.25, 0.3) is 11.3 Å². The Kier molecular flexibility index (Phi) is 11.4. The lowest BCUT2D eigenvalue weighted by Gasteiger charge is -2.33. The second kappa shape index (κ2) is 14.2. The molecule has 2 N–H and O–H groups in total. The highest BCUT2D eigenvalue weighted by atomic mass is 16.7. The van der Waals surface area contributed by atoms with Crippen LogP contribution in [0.5, 0.6) is 0 Å². The van der Waals surface area contributed by atoms with Gasteiger partial charge in [-0.1, -0.05) is 63.4 Å². The molecule has 0 saturated heterocycles. The van der Waals surface area contributed by atoms with Gasteiger partial charge in [0.15, 0.2) is 5.76 Å². The van der Waals surface area contributed by atoms with Crippen LogP contribution in [-0.2, 0) is 19.2 Å². The topological polar surface area (TPSA) is 118 Å². The fourth-order valence-corrected chi connectivity index (χ4v) is 3.80. The normalized spacial score (nSPS) is 12.8. The van der Waals surface area contributed by atoms with Gasteiger partial charge in [-0.05, 0) is 45.7 Å². The summed E-state index contributed by atoms with van der Waals surface area (Å²) in [6.07, 6.45) is 4.00. The number of rotatable bonds is 14. The minimum Gasteiger partial charge on any atom is -0.451 e. The number of benzene rings is 1. The lowest BCUT2D eigenvalue weighted by atomic mass is 9.90. The van der Waals surface area contributed by atoms with E-state index in [0.29, 0.717) is 25.0 Å². The zero-order valence-electron chi connectivity index (χ0n) is 22.4. The largest absolute Gasteiger partial charge is 0.451 e. The van der Waals surface area contributed by atoms with Crippen LogP contribution in [-0.4, -0.2) is 42.0 Å². The maximum absolute atomic E-state index is 13.2. The molecule has 202 valence electrons. The first kappa shape index (κ1) is 29.6. The van der Waals surface area contributed by atoms with Gasteiger partial charge in [-0.25, -0.2) is 4.79 Å². The van der Waals surface area contributed by atoms with E-state index in [0.717, 1.165) is 29.9 Å². The van der Waals surface area contributed by atoms with Gasteiger partial charge in [-0.15, -0.1) is 0 Å². The highest BCUT2D eigenvalue weighted by molar-refractivity contribution is 5.92. The highest BCUT2D eigenvalue weighted by Gasteiger charge is 2.35. The number of nitrogens with zero attached hydrogens (tertiary/aromatic N) is 1. The molecule has 1 aromatic heterocycles. The summed E-state index contributed by atoms with van der Waals surface area (Å²) >= 11 is 0. The minimum absolute atomic E-state index is 0.122. The summed E-state index contributed by atoms with van der Waals surface area (Å²) in [4.78, 5) is 55.3. The fourth-order valence-electron chi connectivity index (χ4n) is 3.80. The number of nitrogens with one attached hydrogen (secondary N) is 2. The van der Waals surface area contributed by atoms with E-state index in [-0.39, 0.29) is 18.3 Å². The first-order chi connectivity index (χ1) is 17.6. The molecule has 0 fully saturated rings. The van der Waals surface area contributed by atoms with Crippen LogP contribution in [0.4, 0.5) is 0 Å². The van der Waals surface area contributed by atoms with Crippen LogP contribution in [0.2, 0.25) is 0 Å². The third-order valence-electron chi connectivity index (χ3n) is 5.97. The molecule has 0 bridgehead atoms. The monoisotopic (exact) mass is 513 g/mol. The number of unbranched alkanes of at least 4 members (excludes halogenated alkanes) is 2. The summed E-state index contributed by atoms with van der Waals surface area (Å²) < 4.78 is 5.65. The number of amides is 3. The number of carbonyl (C=O) groups excluding carboxylic acids is 4. The molecule has 0 unspecified atom stereocenters. The molecular formula is C28H39N3O6. The fraction of sp³-hybridized carbons (Fsp3) is 0.500. The van der Waals surface area contributed by atoms with Gasteiger partial charge in [-0.2, -0.15) is 5.06 Å². The molecule has 0 saturated carbocycles. The third-order valence-corrected chi connectivity index (χ3v) is 5.97. The van der Waals surface area contributed by atoms with Crippen molar-refractivity contribution in [3.8, 4) is 11.3 Å².